The standard InChI is InChI=1S/C21H36N4O2/c1-17-19(14-22-24(17)3)15-23(2)16-21(27)11-7-12-25(20(21)26)13-10-18-8-5-4-6-9-18/h14,18,27H,4-13,15-16H2,1-3H3. The summed E-state index contributed by atoms with van der Waals surface area (Å²) in [5, 5.41) is 15.4. The first-order chi connectivity index (χ1) is 12.9. The van der Waals surface area contributed by atoms with Crippen molar-refractivity contribution < 1.29 is 9.90 Å². The first-order valence-corrected chi connectivity index (χ1v) is 10.6. The molecular weight excluding hydrogens is 340 g/mol. The number of aryl methyl sites for hydroxylation is 1. The minimum atomic E-state index is -1.25. The number of carbonyl (C=O) groups is 1. The number of piperidine rings is 1. The van der Waals surface area contributed by atoms with Crippen molar-refractivity contribution in [3.63, 3.8) is 0 Å². The number of hydrogen-bond acceptors (Lipinski definition) is 4. The molecule has 2 fully saturated rings. The molecule has 2 heterocycles. The van der Waals surface area contributed by atoms with E-state index in [1.54, 1.807) is 0 Å². The lowest BCUT2D eigenvalue weighted by molar-refractivity contribution is -0.159. The largest absolute Gasteiger partial charge is 0.379 e. The lowest BCUT2D eigenvalue weighted by atomic mass is 9.86. The number of hydrogen-bond donors (Lipinski definition) is 1. The molecule has 152 valence electrons. The molecule has 2 aliphatic rings. The van der Waals surface area contributed by atoms with Crippen LogP contribution in [0.4, 0.5) is 0 Å². The molecular formula is C21H36N4O2. The maximum absolute atomic E-state index is 13.0. The van der Waals surface area contributed by atoms with Gasteiger partial charge in [-0.25, -0.2) is 0 Å². The fourth-order valence-electron chi connectivity index (χ4n) is 4.73. The molecule has 1 saturated heterocycles. The summed E-state index contributed by atoms with van der Waals surface area (Å²) in [7, 11) is 3.90. The Hall–Kier alpha value is -1.40. The van der Waals surface area contributed by atoms with Gasteiger partial charge in [-0.3, -0.25) is 14.4 Å². The van der Waals surface area contributed by atoms with Crippen molar-refractivity contribution in [1.29, 1.82) is 0 Å². The van der Waals surface area contributed by atoms with Crippen LogP contribution in [0.3, 0.4) is 0 Å². The maximum Gasteiger partial charge on any atom is 0.255 e. The Morgan fingerprint density at radius 1 is 1.30 bits per heavy atom. The molecule has 1 aliphatic heterocycles. The van der Waals surface area contributed by atoms with Crippen LogP contribution in [0.5, 0.6) is 0 Å². The third-order valence-corrected chi connectivity index (χ3v) is 6.54. The van der Waals surface area contributed by atoms with Crippen LogP contribution in [0, 0.1) is 12.8 Å². The Morgan fingerprint density at radius 2 is 2.04 bits per heavy atom. The van der Waals surface area contributed by atoms with Crippen LogP contribution in [0.25, 0.3) is 0 Å². The van der Waals surface area contributed by atoms with Gasteiger partial charge in [-0.1, -0.05) is 32.1 Å². The molecule has 1 saturated carbocycles. The van der Waals surface area contributed by atoms with Crippen LogP contribution in [0.1, 0.15) is 62.6 Å². The van der Waals surface area contributed by atoms with Crippen LogP contribution in [-0.4, -0.2) is 62.9 Å². The van der Waals surface area contributed by atoms with Crippen molar-refractivity contribution in [2.45, 2.75) is 70.4 Å². The van der Waals surface area contributed by atoms with E-state index in [2.05, 4.69) is 5.10 Å². The van der Waals surface area contributed by atoms with Gasteiger partial charge in [-0.05, 0) is 39.2 Å². The zero-order chi connectivity index (χ0) is 19.4. The number of amides is 1. The van der Waals surface area contributed by atoms with E-state index in [0.29, 0.717) is 19.5 Å². The van der Waals surface area contributed by atoms with Gasteiger partial charge in [0.05, 0.1) is 6.20 Å². The van der Waals surface area contributed by atoms with Crippen molar-refractivity contribution in [1.82, 2.24) is 19.6 Å². The zero-order valence-electron chi connectivity index (χ0n) is 17.3. The summed E-state index contributed by atoms with van der Waals surface area (Å²) in [5.41, 5.74) is 1.01. The first kappa shape index (κ1) is 20.3. The molecule has 6 heteroatoms. The third-order valence-electron chi connectivity index (χ3n) is 6.54. The molecule has 1 aliphatic carbocycles. The molecule has 1 N–H and O–H groups in total. The second-order valence-corrected chi connectivity index (χ2v) is 8.77. The summed E-state index contributed by atoms with van der Waals surface area (Å²) in [6.07, 6.45) is 11.0. The summed E-state index contributed by atoms with van der Waals surface area (Å²) in [6.45, 7) is 4.71. The monoisotopic (exact) mass is 376 g/mol. The van der Waals surface area contributed by atoms with Crippen LogP contribution in [0.15, 0.2) is 6.20 Å². The highest BCUT2D eigenvalue weighted by atomic mass is 16.3. The van der Waals surface area contributed by atoms with Crippen LogP contribution in [0.2, 0.25) is 0 Å². The lowest BCUT2D eigenvalue weighted by Crippen LogP contribution is -2.58. The molecule has 1 atom stereocenters. The van der Waals surface area contributed by atoms with Crippen LogP contribution < -0.4 is 0 Å². The average molecular weight is 377 g/mol. The minimum Gasteiger partial charge on any atom is -0.379 e. The van der Waals surface area contributed by atoms with Crippen LogP contribution in [-0.2, 0) is 18.4 Å². The molecule has 1 aromatic rings. The van der Waals surface area contributed by atoms with Crippen molar-refractivity contribution in [3.8, 4) is 0 Å². The minimum absolute atomic E-state index is 0.0701. The predicted octanol–water partition coefficient (Wildman–Crippen LogP) is 2.48. The molecule has 1 amide bonds. The van der Waals surface area contributed by atoms with Gasteiger partial charge in [-0.2, -0.15) is 5.10 Å². The van der Waals surface area contributed by atoms with Gasteiger partial charge in [0.2, 0.25) is 0 Å². The predicted molar refractivity (Wildman–Crippen MR) is 106 cm³/mol. The molecule has 1 aromatic heterocycles. The summed E-state index contributed by atoms with van der Waals surface area (Å²) in [6, 6.07) is 0. The average Bonchev–Trinajstić information content (AvgIpc) is 2.96. The fraction of sp³-hybridized carbons (Fsp3) is 0.810. The Balaban J connectivity index is 1.55. The highest BCUT2D eigenvalue weighted by Crippen LogP contribution is 2.29. The number of aromatic nitrogens is 2. The summed E-state index contributed by atoms with van der Waals surface area (Å²) in [4.78, 5) is 17.0. The molecule has 1 unspecified atom stereocenters. The van der Waals surface area contributed by atoms with Crippen molar-refractivity contribution in [2.75, 3.05) is 26.7 Å². The lowest BCUT2D eigenvalue weighted by Gasteiger charge is -2.40. The second kappa shape index (κ2) is 8.74. The number of rotatable bonds is 7. The van der Waals surface area contributed by atoms with Crippen molar-refractivity contribution in [2.24, 2.45) is 13.0 Å². The van der Waals surface area contributed by atoms with Gasteiger partial charge in [-0.15, -0.1) is 0 Å². The number of aliphatic hydroxyl groups is 1. The molecule has 0 aromatic carbocycles. The third kappa shape index (κ3) is 4.91. The van der Waals surface area contributed by atoms with E-state index in [0.717, 1.165) is 43.1 Å². The summed E-state index contributed by atoms with van der Waals surface area (Å²) < 4.78 is 1.86. The van der Waals surface area contributed by atoms with Gasteiger partial charge >= 0.3 is 0 Å². The number of nitrogens with zero attached hydrogens (tertiary/aromatic N) is 4. The molecule has 0 bridgehead atoms. The Kier molecular flexibility index (Phi) is 6.58. The summed E-state index contributed by atoms with van der Waals surface area (Å²) in [5.74, 6) is 0.692. The topological polar surface area (TPSA) is 61.6 Å². The molecule has 0 spiro atoms. The van der Waals surface area contributed by atoms with E-state index in [1.807, 2.05) is 41.7 Å². The van der Waals surface area contributed by atoms with Gasteiger partial charge in [0.15, 0.2) is 5.60 Å². The highest BCUT2D eigenvalue weighted by Gasteiger charge is 2.42. The Labute approximate surface area is 163 Å². The smallest absolute Gasteiger partial charge is 0.255 e. The van der Waals surface area contributed by atoms with Crippen molar-refractivity contribution in [3.05, 3.63) is 17.5 Å². The number of carbonyl (C=O) groups excluding carboxylic acids is 1. The molecule has 0 radical (unpaired) electrons. The van der Waals surface area contributed by atoms with Crippen LogP contribution >= 0.6 is 0 Å². The van der Waals surface area contributed by atoms with Gasteiger partial charge in [0.1, 0.15) is 0 Å². The van der Waals surface area contributed by atoms with E-state index in [1.165, 1.54) is 32.1 Å². The summed E-state index contributed by atoms with van der Waals surface area (Å²) >= 11 is 0. The van der Waals surface area contributed by atoms with Gasteiger partial charge < -0.3 is 10.0 Å². The maximum atomic E-state index is 13.0. The van der Waals surface area contributed by atoms with E-state index in [9.17, 15) is 9.90 Å². The Morgan fingerprint density at radius 3 is 2.70 bits per heavy atom. The SMILES string of the molecule is Cc1c(CN(C)CC2(O)CCCN(CCC3CCCCC3)C2=O)cnn1C. The molecule has 6 nitrogen and oxygen atoms in total. The number of likely N-dealkylation sites (N-methyl/N-ethyl adjacent to an activating group) is 1. The van der Waals surface area contributed by atoms with E-state index < -0.39 is 5.60 Å². The normalized spacial score (nSPS) is 24.8. The number of likely N-dealkylation sites (tertiary alicyclic amines) is 1. The Bertz CT molecular complexity index is 638. The highest BCUT2D eigenvalue weighted by molar-refractivity contribution is 5.86. The quantitative estimate of drug-likeness (QED) is 0.794. The zero-order valence-corrected chi connectivity index (χ0v) is 17.3. The van der Waals surface area contributed by atoms with E-state index in [-0.39, 0.29) is 5.91 Å². The van der Waals surface area contributed by atoms with E-state index >= 15 is 0 Å². The molecule has 27 heavy (non-hydrogen) atoms. The molecule has 3 rings (SSSR count). The first-order valence-electron chi connectivity index (χ1n) is 10.6. The second-order valence-electron chi connectivity index (χ2n) is 8.77. The van der Waals surface area contributed by atoms with E-state index in [4.69, 9.17) is 0 Å². The fourth-order valence-corrected chi connectivity index (χ4v) is 4.73. The van der Waals surface area contributed by atoms with Gasteiger partial charge in [0, 0.05) is 44.5 Å². The van der Waals surface area contributed by atoms with Crippen molar-refractivity contribution >= 4 is 5.91 Å². The van der Waals surface area contributed by atoms with Gasteiger partial charge in [0.25, 0.3) is 5.91 Å².